The van der Waals surface area contributed by atoms with Gasteiger partial charge in [-0.1, -0.05) is 0 Å². The minimum absolute atomic E-state index is 0.154. The molecule has 130 valence electrons. The molecule has 8 nitrogen and oxygen atoms in total. The molecule has 4 rings (SSSR count). The van der Waals surface area contributed by atoms with Gasteiger partial charge in [0.25, 0.3) is 6.02 Å². The Bertz CT molecular complexity index is 772. The zero-order valence-corrected chi connectivity index (χ0v) is 14.0. The smallest absolute Gasteiger partial charge is 0.295 e. The van der Waals surface area contributed by atoms with Crippen LogP contribution in [0.25, 0.3) is 0 Å². The normalized spacial score (nSPS) is 25.2. The van der Waals surface area contributed by atoms with Gasteiger partial charge in [-0.3, -0.25) is 0 Å². The van der Waals surface area contributed by atoms with Crippen molar-refractivity contribution in [3.63, 3.8) is 0 Å². The first-order valence-corrected chi connectivity index (χ1v) is 8.34. The minimum atomic E-state index is -0.309. The van der Waals surface area contributed by atoms with Crippen molar-refractivity contribution in [2.75, 3.05) is 24.5 Å². The molecular formula is C17H20N6O2. The molecule has 2 atom stereocenters. The molecular weight excluding hydrogens is 320 g/mol. The summed E-state index contributed by atoms with van der Waals surface area (Å²) in [5, 5.41) is 9.22. The number of piperazine rings is 1. The third kappa shape index (κ3) is 3.25. The van der Waals surface area contributed by atoms with Crippen LogP contribution in [0.1, 0.15) is 12.7 Å². The molecule has 25 heavy (non-hydrogen) atoms. The molecule has 0 aliphatic carbocycles. The van der Waals surface area contributed by atoms with Gasteiger partial charge in [0.2, 0.25) is 6.23 Å². The number of anilines is 1. The van der Waals surface area contributed by atoms with E-state index in [9.17, 15) is 5.11 Å². The lowest BCUT2D eigenvalue weighted by Gasteiger charge is -2.42. The van der Waals surface area contributed by atoms with E-state index in [1.165, 1.54) is 0 Å². The van der Waals surface area contributed by atoms with Crippen LogP contribution in [0, 0.1) is 0 Å². The van der Waals surface area contributed by atoms with Crippen molar-refractivity contribution in [2.24, 2.45) is 9.98 Å². The first-order valence-electron chi connectivity index (χ1n) is 8.34. The number of allylic oxidation sites excluding steroid dienone is 2. The van der Waals surface area contributed by atoms with Gasteiger partial charge in [-0.05, 0) is 25.1 Å². The maximum atomic E-state index is 9.22. The Morgan fingerprint density at radius 1 is 1.36 bits per heavy atom. The van der Waals surface area contributed by atoms with Gasteiger partial charge in [-0.25, -0.2) is 15.0 Å². The molecule has 3 aliphatic heterocycles. The molecule has 1 fully saturated rings. The van der Waals surface area contributed by atoms with Gasteiger partial charge in [0.05, 0.1) is 5.70 Å². The lowest BCUT2D eigenvalue weighted by molar-refractivity contribution is 0.159. The summed E-state index contributed by atoms with van der Waals surface area (Å²) >= 11 is 0. The Balaban J connectivity index is 1.48. The average molecular weight is 340 g/mol. The summed E-state index contributed by atoms with van der Waals surface area (Å²) in [7, 11) is 0. The maximum absolute atomic E-state index is 9.22. The highest BCUT2D eigenvalue weighted by molar-refractivity contribution is 5.80. The van der Waals surface area contributed by atoms with E-state index < -0.39 is 0 Å². The zero-order chi connectivity index (χ0) is 17.2. The third-order valence-electron chi connectivity index (χ3n) is 4.38. The Morgan fingerprint density at radius 3 is 3.12 bits per heavy atom. The second-order valence-corrected chi connectivity index (χ2v) is 6.13. The van der Waals surface area contributed by atoms with Crippen LogP contribution >= 0.6 is 0 Å². The van der Waals surface area contributed by atoms with Crippen LogP contribution in [-0.4, -0.2) is 64.1 Å². The number of rotatable bonds is 2. The van der Waals surface area contributed by atoms with Gasteiger partial charge in [-0.2, -0.15) is 4.99 Å². The van der Waals surface area contributed by atoms with E-state index >= 15 is 0 Å². The molecule has 1 aromatic heterocycles. The van der Waals surface area contributed by atoms with Crippen molar-refractivity contribution < 1.29 is 9.84 Å². The molecule has 1 saturated heterocycles. The van der Waals surface area contributed by atoms with E-state index in [4.69, 9.17) is 4.74 Å². The SMILES string of the molecule is CC1CN(c2ccnc(CO)n2)CCN1C1=NC2=CC(N=CC=C2)O1. The molecule has 8 heteroatoms. The molecule has 1 aromatic rings. The predicted octanol–water partition coefficient (Wildman–Crippen LogP) is 0.716. The zero-order valence-electron chi connectivity index (χ0n) is 14.0. The van der Waals surface area contributed by atoms with Crippen LogP contribution in [0.5, 0.6) is 0 Å². The summed E-state index contributed by atoms with van der Waals surface area (Å²) in [6.07, 6.45) is 8.82. The van der Waals surface area contributed by atoms with Gasteiger partial charge < -0.3 is 19.6 Å². The summed E-state index contributed by atoms with van der Waals surface area (Å²) < 4.78 is 5.91. The lowest BCUT2D eigenvalue weighted by atomic mass is 10.2. The summed E-state index contributed by atoms with van der Waals surface area (Å²) in [4.78, 5) is 21.7. The van der Waals surface area contributed by atoms with Crippen LogP contribution in [0.3, 0.4) is 0 Å². The fraction of sp³-hybridized carbons (Fsp3) is 0.412. The molecule has 0 amide bonds. The van der Waals surface area contributed by atoms with Gasteiger partial charge >= 0.3 is 0 Å². The van der Waals surface area contributed by atoms with Crippen LogP contribution in [0.15, 0.2) is 46.2 Å². The van der Waals surface area contributed by atoms with Crippen molar-refractivity contribution in [2.45, 2.75) is 25.8 Å². The molecule has 0 saturated carbocycles. The fourth-order valence-corrected chi connectivity index (χ4v) is 3.13. The molecule has 0 radical (unpaired) electrons. The van der Waals surface area contributed by atoms with Crippen molar-refractivity contribution >= 4 is 18.1 Å². The topological polar surface area (TPSA) is 86.4 Å². The van der Waals surface area contributed by atoms with E-state index in [0.717, 1.165) is 31.1 Å². The van der Waals surface area contributed by atoms with E-state index in [0.29, 0.717) is 11.8 Å². The van der Waals surface area contributed by atoms with Crippen LogP contribution in [0.2, 0.25) is 0 Å². The minimum Gasteiger partial charge on any atom is -0.435 e. The van der Waals surface area contributed by atoms with Gasteiger partial charge in [-0.15, -0.1) is 0 Å². The Kier molecular flexibility index (Phi) is 4.19. The van der Waals surface area contributed by atoms with Crippen molar-refractivity contribution in [1.82, 2.24) is 14.9 Å². The highest BCUT2D eigenvalue weighted by atomic mass is 16.5. The summed E-state index contributed by atoms with van der Waals surface area (Å²) in [6, 6.07) is 2.69. The number of fused-ring (bicyclic) bond motifs is 1. The van der Waals surface area contributed by atoms with E-state index in [1.807, 2.05) is 24.3 Å². The number of aromatic nitrogens is 2. The summed E-state index contributed by atoms with van der Waals surface area (Å²) in [5.41, 5.74) is 0.877. The first kappa shape index (κ1) is 15.8. The maximum Gasteiger partial charge on any atom is 0.295 e. The Labute approximate surface area is 145 Å². The largest absolute Gasteiger partial charge is 0.435 e. The number of aliphatic imine (C=N–C) groups is 2. The third-order valence-corrected chi connectivity index (χ3v) is 4.38. The molecule has 3 aliphatic rings. The number of hydrogen-bond acceptors (Lipinski definition) is 8. The number of hydrogen-bond donors (Lipinski definition) is 1. The standard InChI is InChI=1S/C17H20N6O2/c1-12-10-22(15-4-6-18-14(11-24)21-15)7-8-23(12)17-20-13-3-2-5-19-16(9-13)25-17/h2-6,9,12,16,24H,7-8,10-11H2,1H3. The second-order valence-electron chi connectivity index (χ2n) is 6.13. The van der Waals surface area contributed by atoms with Crippen molar-refractivity contribution in [1.29, 1.82) is 0 Å². The Morgan fingerprint density at radius 2 is 2.28 bits per heavy atom. The molecule has 4 heterocycles. The van der Waals surface area contributed by atoms with Crippen LogP contribution < -0.4 is 4.90 Å². The number of aliphatic hydroxyl groups is 1. The molecule has 2 bridgehead atoms. The fourth-order valence-electron chi connectivity index (χ4n) is 3.13. The lowest BCUT2D eigenvalue weighted by Crippen LogP contribution is -2.55. The van der Waals surface area contributed by atoms with Crippen LogP contribution in [-0.2, 0) is 11.3 Å². The second kappa shape index (κ2) is 6.64. The quantitative estimate of drug-likeness (QED) is 0.854. The molecule has 0 spiro atoms. The number of amidine groups is 1. The van der Waals surface area contributed by atoms with Crippen LogP contribution in [0.4, 0.5) is 5.82 Å². The highest BCUT2D eigenvalue weighted by Gasteiger charge is 2.30. The monoisotopic (exact) mass is 340 g/mol. The summed E-state index contributed by atoms with van der Waals surface area (Å²) in [5.74, 6) is 1.27. The van der Waals surface area contributed by atoms with E-state index in [-0.39, 0.29) is 18.9 Å². The average Bonchev–Trinajstić information content (AvgIpc) is 2.81. The van der Waals surface area contributed by atoms with E-state index in [2.05, 4.69) is 36.7 Å². The number of nitrogens with zero attached hydrogens (tertiary/aromatic N) is 6. The van der Waals surface area contributed by atoms with Crippen molar-refractivity contribution in [3.8, 4) is 0 Å². The molecule has 2 unspecified atom stereocenters. The highest BCUT2D eigenvalue weighted by Crippen LogP contribution is 2.22. The Hall–Kier alpha value is -2.74. The van der Waals surface area contributed by atoms with Crippen molar-refractivity contribution in [3.05, 3.63) is 42.0 Å². The van der Waals surface area contributed by atoms with Gasteiger partial charge in [0, 0.05) is 44.2 Å². The predicted molar refractivity (Wildman–Crippen MR) is 94.4 cm³/mol. The molecule has 0 aromatic carbocycles. The van der Waals surface area contributed by atoms with E-state index in [1.54, 1.807) is 12.4 Å². The number of aliphatic hydroxyl groups excluding tert-OH is 1. The first-order chi connectivity index (χ1) is 12.2. The van der Waals surface area contributed by atoms with Gasteiger partial charge in [0.1, 0.15) is 12.4 Å². The molecule has 1 N–H and O–H groups in total. The number of ether oxygens (including phenoxy) is 1. The van der Waals surface area contributed by atoms with Gasteiger partial charge in [0.15, 0.2) is 5.82 Å². The summed E-state index contributed by atoms with van der Waals surface area (Å²) in [6.45, 7) is 4.33.